The fraction of sp³-hybridized carbons (Fsp3) is 0.500. The molecule has 84 valence electrons. The Bertz CT molecular complexity index is 325. The van der Waals surface area contributed by atoms with Crippen molar-refractivity contribution in [3.63, 3.8) is 0 Å². The van der Waals surface area contributed by atoms with Crippen molar-refractivity contribution in [2.75, 3.05) is 11.9 Å². The van der Waals surface area contributed by atoms with E-state index in [4.69, 9.17) is 0 Å². The van der Waals surface area contributed by atoms with Gasteiger partial charge >= 0.3 is 0 Å². The van der Waals surface area contributed by atoms with E-state index in [-0.39, 0.29) is 0 Å². The average molecular weight is 335 g/mol. The number of benzene rings is 1. The Morgan fingerprint density at radius 1 is 1.40 bits per heavy atom. The largest absolute Gasteiger partial charge is 0.372 e. The summed E-state index contributed by atoms with van der Waals surface area (Å²) in [5.74, 6) is 0. The van der Waals surface area contributed by atoms with E-state index in [2.05, 4.69) is 75.9 Å². The molecule has 3 heteroatoms. The minimum Gasteiger partial charge on any atom is -0.372 e. The fourth-order valence-electron chi connectivity index (χ4n) is 1.39. The quantitative estimate of drug-likeness (QED) is 0.728. The Kier molecular flexibility index (Phi) is 5.13. The summed E-state index contributed by atoms with van der Waals surface area (Å²) in [5.41, 5.74) is 2.55. The van der Waals surface area contributed by atoms with Crippen LogP contribution < -0.4 is 4.90 Å². The van der Waals surface area contributed by atoms with Gasteiger partial charge in [0.25, 0.3) is 0 Å². The molecule has 0 fully saturated rings. The minimum absolute atomic E-state index is 0.576. The highest BCUT2D eigenvalue weighted by Crippen LogP contribution is 2.26. The zero-order valence-corrected chi connectivity index (χ0v) is 12.6. The monoisotopic (exact) mass is 333 g/mol. The molecule has 15 heavy (non-hydrogen) atoms. The van der Waals surface area contributed by atoms with Crippen LogP contribution in [-0.4, -0.2) is 13.1 Å². The lowest BCUT2D eigenvalue weighted by Gasteiger charge is -2.26. The lowest BCUT2D eigenvalue weighted by molar-refractivity contribution is 0.663. The average Bonchev–Trinajstić information content (AvgIpc) is 2.26. The maximum Gasteiger partial charge on any atom is 0.0377 e. The second-order valence-corrected chi connectivity index (χ2v) is 5.19. The minimum atomic E-state index is 0.576. The van der Waals surface area contributed by atoms with E-state index in [0.717, 1.165) is 11.8 Å². The smallest absolute Gasteiger partial charge is 0.0377 e. The maximum atomic E-state index is 3.59. The number of alkyl halides is 1. The fourth-order valence-corrected chi connectivity index (χ4v) is 2.76. The molecule has 0 amide bonds. The summed E-state index contributed by atoms with van der Waals surface area (Å²) in [5, 5.41) is 0.890. The molecule has 0 saturated carbocycles. The van der Waals surface area contributed by atoms with E-state index in [1.807, 2.05) is 0 Å². The van der Waals surface area contributed by atoms with E-state index >= 15 is 0 Å². The summed E-state index contributed by atoms with van der Waals surface area (Å²) in [6, 6.07) is 7.09. The summed E-state index contributed by atoms with van der Waals surface area (Å²) in [4.78, 5) is 2.31. The highest BCUT2D eigenvalue weighted by molar-refractivity contribution is 9.10. The third-order valence-corrected chi connectivity index (χ3v) is 4.18. The molecule has 0 aliphatic carbocycles. The van der Waals surface area contributed by atoms with Crippen molar-refractivity contribution >= 4 is 37.5 Å². The van der Waals surface area contributed by atoms with Gasteiger partial charge in [-0.15, -0.1) is 0 Å². The van der Waals surface area contributed by atoms with Crippen molar-refractivity contribution in [3.05, 3.63) is 28.2 Å². The van der Waals surface area contributed by atoms with Crippen molar-refractivity contribution in [1.82, 2.24) is 0 Å². The van der Waals surface area contributed by atoms with Gasteiger partial charge in [-0.3, -0.25) is 0 Å². The third-order valence-electron chi connectivity index (χ3n) is 2.84. The molecule has 0 saturated heterocycles. The Balaban J connectivity index is 2.92. The van der Waals surface area contributed by atoms with E-state index in [9.17, 15) is 0 Å². The first-order valence-electron chi connectivity index (χ1n) is 5.17. The molecule has 0 aliphatic heterocycles. The zero-order chi connectivity index (χ0) is 11.4. The van der Waals surface area contributed by atoms with Crippen LogP contribution in [0.15, 0.2) is 22.7 Å². The standard InChI is InChI=1S/C12H17Br2N/c1-4-9(2)15(3)11-6-5-10(8-13)12(14)7-11/h5-7,9H,4,8H2,1-3H3. The van der Waals surface area contributed by atoms with Crippen LogP contribution in [0, 0.1) is 0 Å². The first-order valence-corrected chi connectivity index (χ1v) is 7.08. The van der Waals surface area contributed by atoms with Crippen LogP contribution in [0.2, 0.25) is 0 Å². The van der Waals surface area contributed by atoms with Crippen molar-refractivity contribution in [3.8, 4) is 0 Å². The van der Waals surface area contributed by atoms with Crippen molar-refractivity contribution in [2.45, 2.75) is 31.6 Å². The van der Waals surface area contributed by atoms with Gasteiger partial charge in [-0.05, 0) is 31.0 Å². The highest BCUT2D eigenvalue weighted by atomic mass is 79.9. The van der Waals surface area contributed by atoms with Gasteiger partial charge in [0, 0.05) is 28.6 Å². The van der Waals surface area contributed by atoms with Crippen molar-refractivity contribution in [2.24, 2.45) is 0 Å². The first-order chi connectivity index (χ1) is 7.10. The van der Waals surface area contributed by atoms with Crippen LogP contribution in [0.3, 0.4) is 0 Å². The van der Waals surface area contributed by atoms with Crippen molar-refractivity contribution < 1.29 is 0 Å². The van der Waals surface area contributed by atoms with E-state index in [1.165, 1.54) is 15.7 Å². The Hall–Kier alpha value is -0.0200. The van der Waals surface area contributed by atoms with E-state index < -0.39 is 0 Å². The summed E-state index contributed by atoms with van der Waals surface area (Å²) < 4.78 is 1.17. The second kappa shape index (κ2) is 5.90. The molecule has 0 spiro atoms. The molecule has 1 aromatic carbocycles. The lowest BCUT2D eigenvalue weighted by atomic mass is 10.1. The summed E-state index contributed by atoms with van der Waals surface area (Å²) in [6.07, 6.45) is 1.16. The predicted molar refractivity (Wildman–Crippen MR) is 74.9 cm³/mol. The Labute approximate surface area is 109 Å². The molecule has 0 N–H and O–H groups in total. The number of hydrogen-bond acceptors (Lipinski definition) is 1. The van der Waals surface area contributed by atoms with Gasteiger partial charge in [-0.1, -0.05) is 44.8 Å². The number of anilines is 1. The summed E-state index contributed by atoms with van der Waals surface area (Å²) in [7, 11) is 2.14. The van der Waals surface area contributed by atoms with Gasteiger partial charge in [0.2, 0.25) is 0 Å². The van der Waals surface area contributed by atoms with E-state index in [0.29, 0.717) is 6.04 Å². The van der Waals surface area contributed by atoms with E-state index in [1.54, 1.807) is 0 Å². The molecule has 0 aromatic heterocycles. The molecule has 1 atom stereocenters. The van der Waals surface area contributed by atoms with Gasteiger partial charge in [-0.25, -0.2) is 0 Å². The van der Waals surface area contributed by atoms with Gasteiger partial charge in [0.15, 0.2) is 0 Å². The van der Waals surface area contributed by atoms with Crippen LogP contribution in [0.5, 0.6) is 0 Å². The van der Waals surface area contributed by atoms with Crippen LogP contribution >= 0.6 is 31.9 Å². The maximum absolute atomic E-state index is 3.59. The van der Waals surface area contributed by atoms with Gasteiger partial charge in [0.05, 0.1) is 0 Å². The van der Waals surface area contributed by atoms with Crippen molar-refractivity contribution in [1.29, 1.82) is 0 Å². The highest BCUT2D eigenvalue weighted by Gasteiger charge is 2.09. The Morgan fingerprint density at radius 3 is 2.53 bits per heavy atom. The van der Waals surface area contributed by atoms with Crippen LogP contribution in [0.25, 0.3) is 0 Å². The molecule has 1 rings (SSSR count). The van der Waals surface area contributed by atoms with Gasteiger partial charge < -0.3 is 4.90 Å². The number of halogens is 2. The third kappa shape index (κ3) is 3.22. The zero-order valence-electron chi connectivity index (χ0n) is 9.43. The molecule has 1 unspecified atom stereocenters. The Morgan fingerprint density at radius 2 is 2.07 bits per heavy atom. The number of rotatable bonds is 4. The lowest BCUT2D eigenvalue weighted by Crippen LogP contribution is -2.27. The SMILES string of the molecule is CCC(C)N(C)c1ccc(CBr)c(Br)c1. The number of hydrogen-bond donors (Lipinski definition) is 0. The van der Waals surface area contributed by atoms with Gasteiger partial charge in [0.1, 0.15) is 0 Å². The summed E-state index contributed by atoms with van der Waals surface area (Å²) in [6.45, 7) is 4.45. The summed E-state index contributed by atoms with van der Waals surface area (Å²) >= 11 is 7.06. The van der Waals surface area contributed by atoms with Crippen LogP contribution in [-0.2, 0) is 5.33 Å². The number of nitrogens with zero attached hydrogens (tertiary/aromatic N) is 1. The first kappa shape index (κ1) is 13.0. The molecule has 0 aliphatic rings. The predicted octanol–water partition coefficient (Wildman–Crippen LogP) is 4.58. The van der Waals surface area contributed by atoms with Crippen LogP contribution in [0.1, 0.15) is 25.8 Å². The normalized spacial score (nSPS) is 12.6. The molecule has 0 heterocycles. The van der Waals surface area contributed by atoms with Crippen LogP contribution in [0.4, 0.5) is 5.69 Å². The molecule has 1 nitrogen and oxygen atoms in total. The molecular weight excluding hydrogens is 318 g/mol. The molecular formula is C12H17Br2N. The molecule has 0 radical (unpaired) electrons. The van der Waals surface area contributed by atoms with Gasteiger partial charge in [-0.2, -0.15) is 0 Å². The molecule has 1 aromatic rings. The second-order valence-electron chi connectivity index (χ2n) is 3.78. The molecule has 0 bridgehead atoms. The topological polar surface area (TPSA) is 3.24 Å².